The van der Waals surface area contributed by atoms with Crippen molar-refractivity contribution in [3.8, 4) is 0 Å². The third-order valence-corrected chi connectivity index (χ3v) is 5.36. The fourth-order valence-electron chi connectivity index (χ4n) is 3.70. The van der Waals surface area contributed by atoms with Crippen LogP contribution in [0.3, 0.4) is 0 Å². The van der Waals surface area contributed by atoms with Gasteiger partial charge in [-0.1, -0.05) is 12.1 Å². The lowest BCUT2D eigenvalue weighted by molar-refractivity contribution is -0.385. The molecule has 1 saturated carbocycles. The quantitative estimate of drug-likeness (QED) is 0.666. The zero-order valence-corrected chi connectivity index (χ0v) is 14.4. The van der Waals surface area contributed by atoms with Gasteiger partial charge in [0.25, 0.3) is 5.69 Å². The number of H-pyrrole nitrogens is 1. The highest BCUT2D eigenvalue weighted by atomic mass is 16.6. The molecule has 1 aromatic heterocycles. The number of hydrogen-bond acceptors (Lipinski definition) is 5. The summed E-state index contributed by atoms with van der Waals surface area (Å²) in [5.74, 6) is 2.91. The number of nitro benzene ring substituents is 1. The van der Waals surface area contributed by atoms with Gasteiger partial charge in [-0.15, -0.1) is 0 Å². The summed E-state index contributed by atoms with van der Waals surface area (Å²) in [7, 11) is 0. The number of nitrogens with one attached hydrogen (secondary N) is 1. The largest absolute Gasteiger partial charge is 0.298 e. The molecule has 2 fully saturated rings. The molecular weight excluding hydrogens is 318 g/mol. The molecule has 1 aliphatic heterocycles. The van der Waals surface area contributed by atoms with Crippen molar-refractivity contribution in [2.24, 2.45) is 0 Å². The SMILES string of the molecule is Cc1c(CN2CCC[C@@H](c3n[nH]c(C4CC4)n3)C2)cccc1[N+](=O)[O-]. The summed E-state index contributed by atoms with van der Waals surface area (Å²) in [6.45, 7) is 4.50. The molecule has 25 heavy (non-hydrogen) atoms. The Morgan fingerprint density at radius 2 is 2.16 bits per heavy atom. The summed E-state index contributed by atoms with van der Waals surface area (Å²) in [4.78, 5) is 17.9. The maximum atomic E-state index is 11.1. The molecule has 1 saturated heterocycles. The molecule has 132 valence electrons. The molecule has 1 N–H and O–H groups in total. The third kappa shape index (κ3) is 3.42. The van der Waals surface area contributed by atoms with Gasteiger partial charge in [0.2, 0.25) is 0 Å². The van der Waals surface area contributed by atoms with Gasteiger partial charge in [0.1, 0.15) is 5.82 Å². The number of benzene rings is 1. The van der Waals surface area contributed by atoms with Crippen LogP contribution in [0.2, 0.25) is 0 Å². The maximum absolute atomic E-state index is 11.1. The fraction of sp³-hybridized carbons (Fsp3) is 0.556. The number of aromatic amines is 1. The first-order chi connectivity index (χ1) is 12.1. The number of aromatic nitrogens is 3. The van der Waals surface area contributed by atoms with Crippen molar-refractivity contribution in [2.75, 3.05) is 13.1 Å². The Morgan fingerprint density at radius 3 is 2.92 bits per heavy atom. The number of hydrogen-bond donors (Lipinski definition) is 1. The highest BCUT2D eigenvalue weighted by molar-refractivity contribution is 5.44. The standard InChI is InChI=1S/C18H23N5O2/c1-12-14(4-2-6-16(12)23(24)25)10-22-9-3-5-15(11-22)18-19-17(20-21-18)13-7-8-13/h2,4,6,13,15H,3,5,7-11H2,1H3,(H,19,20,21)/t15-/m1/s1. The second kappa shape index (κ2) is 6.55. The fourth-order valence-corrected chi connectivity index (χ4v) is 3.70. The molecule has 1 aromatic carbocycles. The van der Waals surface area contributed by atoms with Crippen LogP contribution in [0.4, 0.5) is 5.69 Å². The number of piperidine rings is 1. The molecule has 1 atom stereocenters. The van der Waals surface area contributed by atoms with Crippen LogP contribution in [-0.2, 0) is 6.54 Å². The molecule has 0 bridgehead atoms. The Bertz CT molecular complexity index is 784. The van der Waals surface area contributed by atoms with Gasteiger partial charge in [0, 0.05) is 36.6 Å². The number of nitro groups is 1. The Kier molecular flexibility index (Phi) is 4.25. The van der Waals surface area contributed by atoms with Crippen molar-refractivity contribution in [1.82, 2.24) is 20.1 Å². The van der Waals surface area contributed by atoms with Crippen molar-refractivity contribution in [3.05, 3.63) is 51.1 Å². The minimum absolute atomic E-state index is 0.203. The zero-order chi connectivity index (χ0) is 17.4. The predicted molar refractivity (Wildman–Crippen MR) is 93.4 cm³/mol. The van der Waals surface area contributed by atoms with Gasteiger partial charge in [0.15, 0.2) is 5.82 Å². The Hall–Kier alpha value is -2.28. The van der Waals surface area contributed by atoms with Crippen LogP contribution in [0.1, 0.15) is 60.3 Å². The van der Waals surface area contributed by atoms with Crippen LogP contribution in [-0.4, -0.2) is 38.1 Å². The van der Waals surface area contributed by atoms with E-state index in [4.69, 9.17) is 4.98 Å². The zero-order valence-electron chi connectivity index (χ0n) is 14.4. The van der Waals surface area contributed by atoms with E-state index in [1.165, 1.54) is 12.8 Å². The van der Waals surface area contributed by atoms with E-state index in [2.05, 4.69) is 15.1 Å². The lowest BCUT2D eigenvalue weighted by atomic mass is 9.96. The van der Waals surface area contributed by atoms with Gasteiger partial charge in [0.05, 0.1) is 4.92 Å². The van der Waals surface area contributed by atoms with Crippen LogP contribution in [0.15, 0.2) is 18.2 Å². The lowest BCUT2D eigenvalue weighted by Crippen LogP contribution is -2.34. The van der Waals surface area contributed by atoms with Gasteiger partial charge < -0.3 is 0 Å². The van der Waals surface area contributed by atoms with Crippen molar-refractivity contribution in [3.63, 3.8) is 0 Å². The molecule has 0 spiro atoms. The monoisotopic (exact) mass is 341 g/mol. The molecule has 1 aliphatic carbocycles. The molecule has 2 aliphatic rings. The van der Waals surface area contributed by atoms with E-state index in [0.717, 1.165) is 55.3 Å². The van der Waals surface area contributed by atoms with E-state index in [1.54, 1.807) is 12.1 Å². The van der Waals surface area contributed by atoms with E-state index < -0.39 is 0 Å². The molecule has 7 heteroatoms. The molecule has 4 rings (SSSR count). The first-order valence-corrected chi connectivity index (χ1v) is 8.99. The van der Waals surface area contributed by atoms with E-state index >= 15 is 0 Å². The molecule has 2 heterocycles. The minimum Gasteiger partial charge on any atom is -0.298 e. The highest BCUT2D eigenvalue weighted by Gasteiger charge is 2.30. The summed E-state index contributed by atoms with van der Waals surface area (Å²) in [6.07, 6.45) is 4.65. The van der Waals surface area contributed by atoms with Gasteiger partial charge in [-0.25, -0.2) is 4.98 Å². The van der Waals surface area contributed by atoms with E-state index in [9.17, 15) is 10.1 Å². The predicted octanol–water partition coefficient (Wildman–Crippen LogP) is 3.28. The van der Waals surface area contributed by atoms with E-state index in [-0.39, 0.29) is 10.6 Å². The van der Waals surface area contributed by atoms with Crippen molar-refractivity contribution in [1.29, 1.82) is 0 Å². The molecular formula is C18H23N5O2. The smallest absolute Gasteiger partial charge is 0.272 e. The maximum Gasteiger partial charge on any atom is 0.272 e. The van der Waals surface area contributed by atoms with Crippen molar-refractivity contribution < 1.29 is 4.92 Å². The number of likely N-dealkylation sites (tertiary alicyclic amines) is 1. The topological polar surface area (TPSA) is 88.0 Å². The van der Waals surface area contributed by atoms with Crippen LogP contribution >= 0.6 is 0 Å². The Labute approximate surface area is 146 Å². The summed E-state index contributed by atoms with van der Waals surface area (Å²) >= 11 is 0. The Morgan fingerprint density at radius 1 is 1.32 bits per heavy atom. The van der Waals surface area contributed by atoms with E-state index in [0.29, 0.717) is 11.8 Å². The van der Waals surface area contributed by atoms with Crippen LogP contribution in [0.5, 0.6) is 0 Å². The summed E-state index contributed by atoms with van der Waals surface area (Å²) in [5, 5.41) is 18.7. The summed E-state index contributed by atoms with van der Waals surface area (Å²) in [5.41, 5.74) is 2.00. The van der Waals surface area contributed by atoms with Crippen molar-refractivity contribution >= 4 is 5.69 Å². The molecule has 7 nitrogen and oxygen atoms in total. The van der Waals surface area contributed by atoms with Gasteiger partial charge in [-0.2, -0.15) is 5.10 Å². The van der Waals surface area contributed by atoms with Gasteiger partial charge >= 0.3 is 0 Å². The summed E-state index contributed by atoms with van der Waals surface area (Å²) < 4.78 is 0. The molecule has 0 radical (unpaired) electrons. The molecule has 2 aromatic rings. The van der Waals surface area contributed by atoms with E-state index in [1.807, 2.05) is 13.0 Å². The lowest BCUT2D eigenvalue weighted by Gasteiger charge is -2.31. The van der Waals surface area contributed by atoms with Gasteiger partial charge in [-0.3, -0.25) is 20.1 Å². The molecule has 0 amide bonds. The van der Waals surface area contributed by atoms with Crippen LogP contribution < -0.4 is 0 Å². The second-order valence-corrected chi connectivity index (χ2v) is 7.25. The first-order valence-electron chi connectivity index (χ1n) is 8.99. The Balaban J connectivity index is 1.46. The van der Waals surface area contributed by atoms with Gasteiger partial charge in [-0.05, 0) is 44.7 Å². The minimum atomic E-state index is -0.301. The number of rotatable bonds is 5. The molecule has 0 unspecified atom stereocenters. The third-order valence-electron chi connectivity index (χ3n) is 5.36. The number of nitrogens with zero attached hydrogens (tertiary/aromatic N) is 4. The van der Waals surface area contributed by atoms with Crippen LogP contribution in [0, 0.1) is 17.0 Å². The van der Waals surface area contributed by atoms with Crippen molar-refractivity contribution in [2.45, 2.75) is 51.0 Å². The van der Waals surface area contributed by atoms with Crippen LogP contribution in [0.25, 0.3) is 0 Å². The average Bonchev–Trinajstić information content (AvgIpc) is 3.34. The first kappa shape index (κ1) is 16.2. The second-order valence-electron chi connectivity index (χ2n) is 7.25. The highest BCUT2D eigenvalue weighted by Crippen LogP contribution is 2.38. The summed E-state index contributed by atoms with van der Waals surface area (Å²) in [6, 6.07) is 5.34. The average molecular weight is 341 g/mol. The normalized spacial score (nSPS) is 21.4.